The highest BCUT2D eigenvalue weighted by atomic mass is 16.5. The SMILES string of the molecule is Cc1ccc(OCC(=O)N2CCN(C(=O)c3cc(C)[nH]c3C)CC2)cc1. The lowest BCUT2D eigenvalue weighted by molar-refractivity contribution is -0.134. The number of hydrogen-bond acceptors (Lipinski definition) is 3. The Morgan fingerprint density at radius 1 is 1.00 bits per heavy atom. The van der Waals surface area contributed by atoms with Crippen LogP contribution in [-0.2, 0) is 4.79 Å². The Labute approximate surface area is 153 Å². The van der Waals surface area contributed by atoms with Gasteiger partial charge in [-0.3, -0.25) is 9.59 Å². The number of carbonyl (C=O) groups is 2. The molecule has 6 heteroatoms. The summed E-state index contributed by atoms with van der Waals surface area (Å²) in [6.07, 6.45) is 0. The fourth-order valence-corrected chi connectivity index (χ4v) is 3.15. The van der Waals surface area contributed by atoms with Gasteiger partial charge in [0.2, 0.25) is 0 Å². The fourth-order valence-electron chi connectivity index (χ4n) is 3.15. The lowest BCUT2D eigenvalue weighted by Gasteiger charge is -2.34. The lowest BCUT2D eigenvalue weighted by atomic mass is 10.2. The van der Waals surface area contributed by atoms with Gasteiger partial charge in [0.15, 0.2) is 6.61 Å². The summed E-state index contributed by atoms with van der Waals surface area (Å²) >= 11 is 0. The van der Waals surface area contributed by atoms with E-state index in [0.29, 0.717) is 37.5 Å². The number of nitrogens with one attached hydrogen (secondary N) is 1. The van der Waals surface area contributed by atoms with Crippen molar-refractivity contribution >= 4 is 11.8 Å². The summed E-state index contributed by atoms with van der Waals surface area (Å²) in [7, 11) is 0. The number of piperazine rings is 1. The molecule has 0 unspecified atom stereocenters. The van der Waals surface area contributed by atoms with Gasteiger partial charge in [-0.15, -0.1) is 0 Å². The van der Waals surface area contributed by atoms with Crippen molar-refractivity contribution < 1.29 is 14.3 Å². The average molecular weight is 355 g/mol. The second-order valence-electron chi connectivity index (χ2n) is 6.77. The van der Waals surface area contributed by atoms with Gasteiger partial charge in [0.05, 0.1) is 5.56 Å². The third-order valence-corrected chi connectivity index (χ3v) is 4.68. The maximum Gasteiger partial charge on any atom is 0.260 e. The van der Waals surface area contributed by atoms with Crippen molar-refractivity contribution in [2.45, 2.75) is 20.8 Å². The van der Waals surface area contributed by atoms with Crippen molar-refractivity contribution in [2.24, 2.45) is 0 Å². The molecule has 6 nitrogen and oxygen atoms in total. The monoisotopic (exact) mass is 355 g/mol. The van der Waals surface area contributed by atoms with Crippen LogP contribution in [0.1, 0.15) is 27.3 Å². The van der Waals surface area contributed by atoms with Crippen molar-refractivity contribution in [3.05, 3.63) is 52.8 Å². The molecule has 0 aliphatic carbocycles. The van der Waals surface area contributed by atoms with Gasteiger partial charge in [-0.05, 0) is 39.0 Å². The number of benzene rings is 1. The Bertz CT molecular complexity index is 787. The summed E-state index contributed by atoms with van der Waals surface area (Å²) < 4.78 is 5.56. The van der Waals surface area contributed by atoms with E-state index in [0.717, 1.165) is 17.0 Å². The van der Waals surface area contributed by atoms with Crippen molar-refractivity contribution in [2.75, 3.05) is 32.8 Å². The summed E-state index contributed by atoms with van der Waals surface area (Å²) in [5.41, 5.74) is 3.73. The number of nitrogens with zero attached hydrogens (tertiary/aromatic N) is 2. The maximum atomic E-state index is 12.6. The van der Waals surface area contributed by atoms with E-state index < -0.39 is 0 Å². The smallest absolute Gasteiger partial charge is 0.260 e. The molecule has 1 aliphatic heterocycles. The van der Waals surface area contributed by atoms with Gasteiger partial charge < -0.3 is 19.5 Å². The van der Waals surface area contributed by atoms with E-state index in [2.05, 4.69) is 4.98 Å². The van der Waals surface area contributed by atoms with E-state index >= 15 is 0 Å². The first-order chi connectivity index (χ1) is 12.4. The number of aryl methyl sites for hydroxylation is 3. The molecule has 138 valence electrons. The Hall–Kier alpha value is -2.76. The summed E-state index contributed by atoms with van der Waals surface area (Å²) in [5, 5.41) is 0. The van der Waals surface area contributed by atoms with Gasteiger partial charge in [-0.25, -0.2) is 0 Å². The van der Waals surface area contributed by atoms with E-state index in [-0.39, 0.29) is 18.4 Å². The molecule has 1 aromatic carbocycles. The normalized spacial score (nSPS) is 14.4. The number of carbonyl (C=O) groups excluding carboxylic acids is 2. The van der Waals surface area contributed by atoms with Crippen LogP contribution in [0, 0.1) is 20.8 Å². The van der Waals surface area contributed by atoms with Crippen molar-refractivity contribution in [1.82, 2.24) is 14.8 Å². The van der Waals surface area contributed by atoms with Crippen LogP contribution in [0.4, 0.5) is 0 Å². The number of aromatic amines is 1. The number of H-pyrrole nitrogens is 1. The Kier molecular flexibility index (Phi) is 5.30. The molecule has 1 fully saturated rings. The quantitative estimate of drug-likeness (QED) is 0.915. The van der Waals surface area contributed by atoms with Gasteiger partial charge in [-0.2, -0.15) is 0 Å². The highest BCUT2D eigenvalue weighted by molar-refractivity contribution is 5.95. The molecular weight excluding hydrogens is 330 g/mol. The summed E-state index contributed by atoms with van der Waals surface area (Å²) in [6.45, 7) is 8.02. The van der Waals surface area contributed by atoms with Crippen LogP contribution in [0.5, 0.6) is 5.75 Å². The zero-order valence-corrected chi connectivity index (χ0v) is 15.5. The lowest BCUT2D eigenvalue weighted by Crippen LogP contribution is -2.51. The molecule has 2 heterocycles. The highest BCUT2D eigenvalue weighted by Crippen LogP contribution is 2.15. The fraction of sp³-hybridized carbons (Fsp3) is 0.400. The third-order valence-electron chi connectivity index (χ3n) is 4.68. The first-order valence-corrected chi connectivity index (χ1v) is 8.87. The van der Waals surface area contributed by atoms with E-state index in [9.17, 15) is 9.59 Å². The molecule has 1 N–H and O–H groups in total. The maximum absolute atomic E-state index is 12.6. The molecule has 0 bridgehead atoms. The minimum atomic E-state index is -0.0497. The molecule has 1 aromatic heterocycles. The molecule has 0 spiro atoms. The standard InChI is InChI=1S/C20H25N3O3/c1-14-4-6-17(7-5-14)26-13-19(24)22-8-10-23(11-9-22)20(25)18-12-15(2)21-16(18)3/h4-7,12,21H,8-11,13H2,1-3H3. The number of aromatic nitrogens is 1. The van der Waals surface area contributed by atoms with Crippen LogP contribution >= 0.6 is 0 Å². The Morgan fingerprint density at radius 3 is 2.19 bits per heavy atom. The van der Waals surface area contributed by atoms with Gasteiger partial charge in [0, 0.05) is 37.6 Å². The molecule has 2 aromatic rings. The number of amides is 2. The van der Waals surface area contributed by atoms with Gasteiger partial charge >= 0.3 is 0 Å². The first kappa shape index (κ1) is 18.0. The van der Waals surface area contributed by atoms with Crippen LogP contribution in [0.25, 0.3) is 0 Å². The topological polar surface area (TPSA) is 65.6 Å². The Morgan fingerprint density at radius 2 is 1.62 bits per heavy atom. The van der Waals surface area contributed by atoms with E-state index in [1.807, 2.05) is 51.1 Å². The average Bonchev–Trinajstić information content (AvgIpc) is 2.98. The van der Waals surface area contributed by atoms with Crippen LogP contribution in [0.2, 0.25) is 0 Å². The second-order valence-corrected chi connectivity index (χ2v) is 6.77. The van der Waals surface area contributed by atoms with Crippen LogP contribution in [0.15, 0.2) is 30.3 Å². The number of hydrogen-bond donors (Lipinski definition) is 1. The van der Waals surface area contributed by atoms with E-state index in [4.69, 9.17) is 4.74 Å². The largest absolute Gasteiger partial charge is 0.484 e. The van der Waals surface area contributed by atoms with Crippen molar-refractivity contribution in [3.63, 3.8) is 0 Å². The van der Waals surface area contributed by atoms with Crippen LogP contribution < -0.4 is 4.74 Å². The van der Waals surface area contributed by atoms with Gasteiger partial charge in [0.1, 0.15) is 5.75 Å². The van der Waals surface area contributed by atoms with Gasteiger partial charge in [0.25, 0.3) is 11.8 Å². The molecule has 1 aliphatic rings. The first-order valence-electron chi connectivity index (χ1n) is 8.87. The molecular formula is C20H25N3O3. The van der Waals surface area contributed by atoms with E-state index in [1.165, 1.54) is 0 Å². The minimum Gasteiger partial charge on any atom is -0.484 e. The van der Waals surface area contributed by atoms with Crippen LogP contribution in [-0.4, -0.2) is 59.4 Å². The third kappa shape index (κ3) is 4.07. The van der Waals surface area contributed by atoms with E-state index in [1.54, 1.807) is 9.80 Å². The molecule has 1 saturated heterocycles. The van der Waals surface area contributed by atoms with Crippen LogP contribution in [0.3, 0.4) is 0 Å². The number of rotatable bonds is 4. The van der Waals surface area contributed by atoms with Crippen molar-refractivity contribution in [3.8, 4) is 5.75 Å². The summed E-state index contributed by atoms with van der Waals surface area (Å²) in [5.74, 6) is 0.664. The Balaban J connectivity index is 1.49. The summed E-state index contributed by atoms with van der Waals surface area (Å²) in [6, 6.07) is 9.51. The molecule has 0 radical (unpaired) electrons. The zero-order chi connectivity index (χ0) is 18.7. The minimum absolute atomic E-state index is 0.0210. The highest BCUT2D eigenvalue weighted by Gasteiger charge is 2.26. The predicted octanol–water partition coefficient (Wildman–Crippen LogP) is 2.30. The molecule has 26 heavy (non-hydrogen) atoms. The molecule has 2 amide bonds. The summed E-state index contributed by atoms with van der Waals surface area (Å²) in [4.78, 5) is 31.7. The van der Waals surface area contributed by atoms with Gasteiger partial charge in [-0.1, -0.05) is 17.7 Å². The molecule has 0 saturated carbocycles. The second kappa shape index (κ2) is 7.64. The molecule has 3 rings (SSSR count). The molecule has 0 atom stereocenters. The van der Waals surface area contributed by atoms with Crippen molar-refractivity contribution in [1.29, 1.82) is 0 Å². The predicted molar refractivity (Wildman–Crippen MR) is 99.4 cm³/mol. The number of ether oxygens (including phenoxy) is 1. The zero-order valence-electron chi connectivity index (χ0n) is 15.5.